The Morgan fingerprint density at radius 1 is 1.07 bits per heavy atom. The molecule has 1 aromatic carbocycles. The van der Waals surface area contributed by atoms with Crippen molar-refractivity contribution in [1.29, 1.82) is 0 Å². The molecule has 144 valence electrons. The summed E-state index contributed by atoms with van der Waals surface area (Å²) in [4.78, 5) is 13.0. The van der Waals surface area contributed by atoms with Crippen LogP contribution in [-0.4, -0.2) is 39.7 Å². The van der Waals surface area contributed by atoms with Crippen LogP contribution >= 0.6 is 22.7 Å². The number of aromatic nitrogens is 3. The van der Waals surface area contributed by atoms with Crippen molar-refractivity contribution in [3.05, 3.63) is 52.7 Å². The maximum absolute atomic E-state index is 5.40. The van der Waals surface area contributed by atoms with Crippen LogP contribution in [0.25, 0.3) is 20.9 Å². The summed E-state index contributed by atoms with van der Waals surface area (Å²) in [5, 5.41) is 7.43. The van der Waals surface area contributed by atoms with Gasteiger partial charge in [0.2, 0.25) is 11.7 Å². The second-order valence-corrected chi connectivity index (χ2v) is 9.24. The first-order chi connectivity index (χ1) is 13.8. The summed E-state index contributed by atoms with van der Waals surface area (Å²) in [6.45, 7) is 3.37. The molecule has 5 rings (SSSR count). The standard InChI is InChI=1S/C21H22N4OS2/c1-2-6-17-16(5-1)22-21(28-17)15-9-12-25(13-10-15)11-3-8-19-23-20(24-26-19)18-7-4-14-27-18/h1-2,4-7,14-15H,3,8-13H2. The zero-order chi connectivity index (χ0) is 18.8. The highest BCUT2D eigenvalue weighted by molar-refractivity contribution is 7.18. The molecule has 4 aromatic rings. The van der Waals surface area contributed by atoms with Crippen molar-refractivity contribution in [2.24, 2.45) is 0 Å². The van der Waals surface area contributed by atoms with Crippen molar-refractivity contribution < 1.29 is 4.52 Å². The number of nitrogens with zero attached hydrogens (tertiary/aromatic N) is 4. The molecular formula is C21H22N4OS2. The zero-order valence-corrected chi connectivity index (χ0v) is 17.2. The van der Waals surface area contributed by atoms with Gasteiger partial charge in [-0.2, -0.15) is 4.98 Å². The molecule has 0 radical (unpaired) electrons. The molecule has 0 saturated carbocycles. The normalized spacial score (nSPS) is 16.1. The van der Waals surface area contributed by atoms with E-state index in [2.05, 4.69) is 39.3 Å². The van der Waals surface area contributed by atoms with Gasteiger partial charge in [0.1, 0.15) is 0 Å². The highest BCUT2D eigenvalue weighted by Gasteiger charge is 2.23. The largest absolute Gasteiger partial charge is 0.339 e. The lowest BCUT2D eigenvalue weighted by Gasteiger charge is -2.30. The van der Waals surface area contributed by atoms with E-state index in [1.165, 1.54) is 22.5 Å². The zero-order valence-electron chi connectivity index (χ0n) is 15.6. The second-order valence-electron chi connectivity index (χ2n) is 7.23. The van der Waals surface area contributed by atoms with E-state index in [0.29, 0.717) is 11.7 Å². The molecule has 3 aromatic heterocycles. The third-order valence-electron chi connectivity index (χ3n) is 5.32. The van der Waals surface area contributed by atoms with E-state index in [0.717, 1.165) is 48.8 Å². The average Bonchev–Trinajstić information content (AvgIpc) is 3.48. The Bertz CT molecular complexity index is 999. The summed E-state index contributed by atoms with van der Waals surface area (Å²) in [6, 6.07) is 12.5. The van der Waals surface area contributed by atoms with Crippen LogP contribution in [0.4, 0.5) is 0 Å². The number of benzene rings is 1. The van der Waals surface area contributed by atoms with Gasteiger partial charge in [-0.05, 0) is 62.5 Å². The molecule has 0 atom stereocenters. The summed E-state index contributed by atoms with van der Waals surface area (Å²) in [5.41, 5.74) is 1.14. The van der Waals surface area contributed by atoms with Crippen molar-refractivity contribution in [1.82, 2.24) is 20.0 Å². The molecule has 1 aliphatic rings. The van der Waals surface area contributed by atoms with Gasteiger partial charge in [-0.15, -0.1) is 22.7 Å². The van der Waals surface area contributed by atoms with Gasteiger partial charge in [0.15, 0.2) is 0 Å². The minimum atomic E-state index is 0.609. The van der Waals surface area contributed by atoms with Crippen LogP contribution in [0.15, 0.2) is 46.3 Å². The quantitative estimate of drug-likeness (QED) is 0.436. The first-order valence-electron chi connectivity index (χ1n) is 9.79. The summed E-state index contributed by atoms with van der Waals surface area (Å²) >= 11 is 3.50. The fourth-order valence-electron chi connectivity index (χ4n) is 3.78. The third-order valence-corrected chi connectivity index (χ3v) is 7.39. The second kappa shape index (κ2) is 8.11. The molecule has 4 heterocycles. The van der Waals surface area contributed by atoms with Gasteiger partial charge >= 0.3 is 0 Å². The van der Waals surface area contributed by atoms with Crippen LogP contribution in [0.1, 0.15) is 36.1 Å². The van der Waals surface area contributed by atoms with Gasteiger partial charge < -0.3 is 9.42 Å². The molecule has 1 fully saturated rings. The molecule has 5 nitrogen and oxygen atoms in total. The Hall–Kier alpha value is -2.09. The van der Waals surface area contributed by atoms with Crippen molar-refractivity contribution in [2.45, 2.75) is 31.6 Å². The molecule has 1 aliphatic heterocycles. The summed E-state index contributed by atoms with van der Waals surface area (Å²) in [6.07, 6.45) is 4.29. The fraction of sp³-hybridized carbons (Fsp3) is 0.381. The van der Waals surface area contributed by atoms with E-state index >= 15 is 0 Å². The SMILES string of the molecule is c1csc(-c2noc(CCCN3CCC(c4nc5ccccc5s4)CC3)n2)c1. The molecule has 1 saturated heterocycles. The number of hydrogen-bond acceptors (Lipinski definition) is 7. The van der Waals surface area contributed by atoms with Crippen LogP contribution < -0.4 is 0 Å². The summed E-state index contributed by atoms with van der Waals surface area (Å²) < 4.78 is 6.71. The number of para-hydroxylation sites is 1. The lowest BCUT2D eigenvalue weighted by molar-refractivity contribution is 0.208. The van der Waals surface area contributed by atoms with E-state index in [-0.39, 0.29) is 0 Å². The number of hydrogen-bond donors (Lipinski definition) is 0. The Labute approximate surface area is 172 Å². The Morgan fingerprint density at radius 2 is 1.96 bits per heavy atom. The summed E-state index contributed by atoms with van der Waals surface area (Å²) in [5.74, 6) is 2.06. The smallest absolute Gasteiger partial charge is 0.227 e. The van der Waals surface area contributed by atoms with Gasteiger partial charge in [0.05, 0.1) is 20.1 Å². The van der Waals surface area contributed by atoms with Crippen LogP contribution in [-0.2, 0) is 6.42 Å². The van der Waals surface area contributed by atoms with Gasteiger partial charge in [-0.3, -0.25) is 0 Å². The minimum Gasteiger partial charge on any atom is -0.339 e. The minimum absolute atomic E-state index is 0.609. The molecule has 28 heavy (non-hydrogen) atoms. The van der Waals surface area contributed by atoms with Crippen LogP contribution in [0.2, 0.25) is 0 Å². The van der Waals surface area contributed by atoms with Crippen LogP contribution in [0.5, 0.6) is 0 Å². The number of aryl methyl sites for hydroxylation is 1. The molecule has 0 spiro atoms. The monoisotopic (exact) mass is 410 g/mol. The van der Waals surface area contributed by atoms with Gasteiger partial charge in [0.25, 0.3) is 0 Å². The molecule has 0 unspecified atom stereocenters. The molecular weight excluding hydrogens is 388 g/mol. The van der Waals surface area contributed by atoms with Crippen LogP contribution in [0, 0.1) is 0 Å². The third kappa shape index (κ3) is 3.87. The van der Waals surface area contributed by atoms with E-state index in [1.807, 2.05) is 28.8 Å². The Morgan fingerprint density at radius 3 is 2.79 bits per heavy atom. The molecule has 7 heteroatoms. The van der Waals surface area contributed by atoms with Crippen molar-refractivity contribution in [3.63, 3.8) is 0 Å². The highest BCUT2D eigenvalue weighted by Crippen LogP contribution is 2.33. The molecule has 0 aliphatic carbocycles. The number of thiophene rings is 1. The summed E-state index contributed by atoms with van der Waals surface area (Å²) in [7, 11) is 0. The molecule has 0 amide bonds. The first-order valence-corrected chi connectivity index (χ1v) is 11.5. The van der Waals surface area contributed by atoms with Gasteiger partial charge in [-0.1, -0.05) is 23.4 Å². The number of thiazole rings is 1. The lowest BCUT2D eigenvalue weighted by atomic mass is 9.97. The molecule has 0 N–H and O–H groups in total. The van der Waals surface area contributed by atoms with Crippen molar-refractivity contribution in [3.8, 4) is 10.7 Å². The molecule has 0 bridgehead atoms. The van der Waals surface area contributed by atoms with E-state index in [9.17, 15) is 0 Å². The predicted molar refractivity (Wildman–Crippen MR) is 114 cm³/mol. The van der Waals surface area contributed by atoms with E-state index in [4.69, 9.17) is 9.51 Å². The van der Waals surface area contributed by atoms with Gasteiger partial charge in [-0.25, -0.2) is 4.98 Å². The first kappa shape index (κ1) is 18.0. The fourth-order valence-corrected chi connectivity index (χ4v) is 5.57. The van der Waals surface area contributed by atoms with E-state index < -0.39 is 0 Å². The average molecular weight is 411 g/mol. The van der Waals surface area contributed by atoms with Crippen molar-refractivity contribution >= 4 is 32.9 Å². The number of piperidine rings is 1. The Kier molecular flexibility index (Phi) is 5.20. The number of likely N-dealkylation sites (tertiary alicyclic amines) is 1. The topological polar surface area (TPSA) is 55.1 Å². The lowest BCUT2D eigenvalue weighted by Crippen LogP contribution is -2.33. The number of rotatable bonds is 6. The van der Waals surface area contributed by atoms with Gasteiger partial charge in [0, 0.05) is 12.3 Å². The Balaban J connectivity index is 1.10. The maximum atomic E-state index is 5.40. The van der Waals surface area contributed by atoms with E-state index in [1.54, 1.807) is 11.3 Å². The maximum Gasteiger partial charge on any atom is 0.227 e. The highest BCUT2D eigenvalue weighted by atomic mass is 32.1. The number of fused-ring (bicyclic) bond motifs is 1. The predicted octanol–water partition coefficient (Wildman–Crippen LogP) is 5.22. The van der Waals surface area contributed by atoms with Crippen molar-refractivity contribution in [2.75, 3.05) is 19.6 Å². The van der Waals surface area contributed by atoms with Crippen LogP contribution in [0.3, 0.4) is 0 Å².